The lowest BCUT2D eigenvalue weighted by Gasteiger charge is -2.21. The Morgan fingerprint density at radius 2 is 1.65 bits per heavy atom. The van der Waals surface area contributed by atoms with Gasteiger partial charge in [0.05, 0.1) is 18.1 Å². The van der Waals surface area contributed by atoms with Gasteiger partial charge in [0.15, 0.2) is 0 Å². The maximum atomic E-state index is 12.2. The predicted molar refractivity (Wildman–Crippen MR) is 79.8 cm³/mol. The van der Waals surface area contributed by atoms with Crippen molar-refractivity contribution in [2.24, 2.45) is 0 Å². The molecule has 5 nitrogen and oxygen atoms in total. The van der Waals surface area contributed by atoms with Gasteiger partial charge >= 0.3 is 6.03 Å². The van der Waals surface area contributed by atoms with Crippen LogP contribution in [0.5, 0.6) is 0 Å². The van der Waals surface area contributed by atoms with Crippen LogP contribution in [-0.2, 0) is 5.41 Å². The van der Waals surface area contributed by atoms with Gasteiger partial charge in [-0.1, -0.05) is 33.6 Å². The van der Waals surface area contributed by atoms with E-state index in [-0.39, 0.29) is 11.4 Å². The van der Waals surface area contributed by atoms with Crippen LogP contribution in [-0.4, -0.2) is 34.0 Å². The number of amides is 2. The van der Waals surface area contributed by atoms with E-state index in [1.807, 2.05) is 4.90 Å². The van der Waals surface area contributed by atoms with Crippen molar-refractivity contribution in [2.75, 3.05) is 18.4 Å². The highest BCUT2D eigenvalue weighted by Gasteiger charge is 2.18. The van der Waals surface area contributed by atoms with E-state index < -0.39 is 0 Å². The van der Waals surface area contributed by atoms with Gasteiger partial charge in [0.25, 0.3) is 0 Å². The molecule has 0 unspecified atom stereocenters. The first kappa shape index (κ1) is 14.8. The number of hydrogen-bond acceptors (Lipinski definition) is 3. The molecule has 1 fully saturated rings. The molecule has 0 spiro atoms. The highest BCUT2D eigenvalue weighted by Crippen LogP contribution is 2.18. The summed E-state index contributed by atoms with van der Waals surface area (Å²) in [6.45, 7) is 7.88. The fraction of sp³-hybridized carbons (Fsp3) is 0.667. The zero-order chi connectivity index (χ0) is 14.6. The van der Waals surface area contributed by atoms with Crippen LogP contribution in [0, 0.1) is 0 Å². The Morgan fingerprint density at radius 1 is 1.10 bits per heavy atom. The molecular weight excluding hydrogens is 252 g/mol. The summed E-state index contributed by atoms with van der Waals surface area (Å²) in [6.07, 6.45) is 7.98. The van der Waals surface area contributed by atoms with Gasteiger partial charge in [-0.3, -0.25) is 0 Å². The molecule has 1 aliphatic rings. The Balaban J connectivity index is 1.97. The van der Waals surface area contributed by atoms with Crippen molar-refractivity contribution in [2.45, 2.75) is 51.9 Å². The number of nitrogens with zero attached hydrogens (tertiary/aromatic N) is 3. The van der Waals surface area contributed by atoms with Gasteiger partial charge < -0.3 is 10.2 Å². The highest BCUT2D eigenvalue weighted by molar-refractivity contribution is 5.88. The lowest BCUT2D eigenvalue weighted by molar-refractivity contribution is 0.213. The number of rotatable bonds is 1. The lowest BCUT2D eigenvalue weighted by atomic mass is 9.96. The summed E-state index contributed by atoms with van der Waals surface area (Å²) in [4.78, 5) is 22.7. The van der Waals surface area contributed by atoms with E-state index in [0.29, 0.717) is 5.69 Å². The van der Waals surface area contributed by atoms with Gasteiger partial charge in [-0.05, 0) is 12.8 Å². The molecule has 0 bridgehead atoms. The molecule has 2 heterocycles. The SMILES string of the molecule is CC(C)(C)c1ncc(NC(=O)N2CCCCCC2)cn1. The molecule has 20 heavy (non-hydrogen) atoms. The molecule has 1 aliphatic heterocycles. The summed E-state index contributed by atoms with van der Waals surface area (Å²) in [5.74, 6) is 0.783. The molecule has 1 aromatic heterocycles. The minimum absolute atomic E-state index is 0.0426. The number of nitrogens with one attached hydrogen (secondary N) is 1. The maximum absolute atomic E-state index is 12.2. The Bertz CT molecular complexity index is 442. The van der Waals surface area contributed by atoms with Gasteiger partial charge in [-0.2, -0.15) is 0 Å². The normalized spacial score (nSPS) is 16.6. The average Bonchev–Trinajstić information content (AvgIpc) is 2.67. The topological polar surface area (TPSA) is 58.1 Å². The first-order valence-corrected chi connectivity index (χ1v) is 7.35. The largest absolute Gasteiger partial charge is 0.325 e. The molecule has 2 rings (SSSR count). The fourth-order valence-electron chi connectivity index (χ4n) is 2.26. The number of anilines is 1. The van der Waals surface area contributed by atoms with E-state index >= 15 is 0 Å². The molecule has 0 saturated carbocycles. The van der Waals surface area contributed by atoms with Crippen LogP contribution in [0.15, 0.2) is 12.4 Å². The third-order valence-corrected chi connectivity index (χ3v) is 3.47. The minimum Gasteiger partial charge on any atom is -0.325 e. The van der Waals surface area contributed by atoms with Gasteiger partial charge in [-0.25, -0.2) is 14.8 Å². The van der Waals surface area contributed by atoms with Crippen LogP contribution in [0.1, 0.15) is 52.3 Å². The number of hydrogen-bond donors (Lipinski definition) is 1. The van der Waals surface area contributed by atoms with Gasteiger partial charge in [0.2, 0.25) is 0 Å². The quantitative estimate of drug-likeness (QED) is 0.857. The first-order valence-electron chi connectivity index (χ1n) is 7.35. The fourth-order valence-corrected chi connectivity index (χ4v) is 2.26. The van der Waals surface area contributed by atoms with Crippen LogP contribution in [0.25, 0.3) is 0 Å². The van der Waals surface area contributed by atoms with E-state index in [1.54, 1.807) is 12.4 Å². The van der Waals surface area contributed by atoms with E-state index in [1.165, 1.54) is 12.8 Å². The van der Waals surface area contributed by atoms with Crippen LogP contribution < -0.4 is 5.32 Å². The van der Waals surface area contributed by atoms with Crippen molar-refractivity contribution < 1.29 is 4.79 Å². The molecule has 0 radical (unpaired) electrons. The van der Waals surface area contributed by atoms with E-state index in [9.17, 15) is 4.79 Å². The van der Waals surface area contributed by atoms with Crippen molar-refractivity contribution in [1.82, 2.24) is 14.9 Å². The van der Waals surface area contributed by atoms with Crippen LogP contribution in [0.4, 0.5) is 10.5 Å². The van der Waals surface area contributed by atoms with E-state index in [2.05, 4.69) is 36.1 Å². The third-order valence-electron chi connectivity index (χ3n) is 3.47. The summed E-state index contributed by atoms with van der Waals surface area (Å²) < 4.78 is 0. The Labute approximate surface area is 120 Å². The van der Waals surface area contributed by atoms with Crippen molar-refractivity contribution in [3.63, 3.8) is 0 Å². The Hall–Kier alpha value is -1.65. The predicted octanol–water partition coefficient (Wildman–Crippen LogP) is 3.18. The lowest BCUT2D eigenvalue weighted by Crippen LogP contribution is -2.35. The molecule has 5 heteroatoms. The molecular formula is C15H24N4O. The zero-order valence-electron chi connectivity index (χ0n) is 12.6. The molecule has 1 N–H and O–H groups in total. The Kier molecular flexibility index (Phi) is 4.57. The number of carbonyl (C=O) groups is 1. The van der Waals surface area contributed by atoms with Crippen molar-refractivity contribution >= 4 is 11.7 Å². The van der Waals surface area contributed by atoms with Crippen molar-refractivity contribution in [1.29, 1.82) is 0 Å². The summed E-state index contributed by atoms with van der Waals surface area (Å²) >= 11 is 0. The van der Waals surface area contributed by atoms with Gasteiger partial charge in [-0.15, -0.1) is 0 Å². The van der Waals surface area contributed by atoms with E-state index in [0.717, 1.165) is 31.8 Å². The Morgan fingerprint density at radius 3 is 2.15 bits per heavy atom. The van der Waals surface area contributed by atoms with Crippen LogP contribution in [0.3, 0.4) is 0 Å². The number of urea groups is 1. The van der Waals surface area contributed by atoms with Gasteiger partial charge in [0, 0.05) is 18.5 Å². The molecule has 0 aliphatic carbocycles. The van der Waals surface area contributed by atoms with E-state index in [4.69, 9.17) is 0 Å². The standard InChI is InChI=1S/C15H24N4O/c1-15(2,3)13-16-10-12(11-17-13)18-14(20)19-8-6-4-5-7-9-19/h10-11H,4-9H2,1-3H3,(H,18,20). The van der Waals surface area contributed by atoms with Crippen LogP contribution in [0.2, 0.25) is 0 Å². The van der Waals surface area contributed by atoms with Crippen molar-refractivity contribution in [3.05, 3.63) is 18.2 Å². The summed E-state index contributed by atoms with van der Waals surface area (Å²) in [7, 11) is 0. The number of carbonyl (C=O) groups excluding carboxylic acids is 1. The second kappa shape index (κ2) is 6.20. The number of aromatic nitrogens is 2. The van der Waals surface area contributed by atoms with Gasteiger partial charge in [0.1, 0.15) is 5.82 Å². The van der Waals surface area contributed by atoms with Crippen LogP contribution >= 0.6 is 0 Å². The zero-order valence-corrected chi connectivity index (χ0v) is 12.6. The maximum Gasteiger partial charge on any atom is 0.321 e. The smallest absolute Gasteiger partial charge is 0.321 e. The average molecular weight is 276 g/mol. The minimum atomic E-state index is -0.0761. The van der Waals surface area contributed by atoms with Crippen molar-refractivity contribution in [3.8, 4) is 0 Å². The molecule has 110 valence electrons. The summed E-state index contributed by atoms with van der Waals surface area (Å²) in [5, 5.41) is 2.88. The molecule has 1 saturated heterocycles. The highest BCUT2D eigenvalue weighted by atomic mass is 16.2. The summed E-state index contributed by atoms with van der Waals surface area (Å²) in [5.41, 5.74) is 0.583. The monoisotopic (exact) mass is 276 g/mol. The molecule has 2 amide bonds. The summed E-state index contributed by atoms with van der Waals surface area (Å²) in [6, 6.07) is -0.0426. The third kappa shape index (κ3) is 3.92. The second-order valence-corrected chi connectivity index (χ2v) is 6.38. The first-order chi connectivity index (χ1) is 9.47. The molecule has 1 aromatic rings. The second-order valence-electron chi connectivity index (χ2n) is 6.38. The molecule has 0 atom stereocenters. The number of likely N-dealkylation sites (tertiary alicyclic amines) is 1. The molecule has 0 aromatic carbocycles.